The van der Waals surface area contributed by atoms with E-state index < -0.39 is 0 Å². The molecule has 0 aliphatic heterocycles. The first-order valence-electron chi connectivity index (χ1n) is 5.26. The van der Waals surface area contributed by atoms with Gasteiger partial charge in [-0.25, -0.2) is 9.97 Å². The summed E-state index contributed by atoms with van der Waals surface area (Å²) < 4.78 is 5.30. The fourth-order valence-corrected chi connectivity index (χ4v) is 2.10. The van der Waals surface area contributed by atoms with Crippen LogP contribution in [0.4, 0.5) is 11.5 Å². The van der Waals surface area contributed by atoms with E-state index in [1.54, 1.807) is 7.11 Å². The van der Waals surface area contributed by atoms with Gasteiger partial charge in [-0.15, -0.1) is 0 Å². The summed E-state index contributed by atoms with van der Waals surface area (Å²) in [4.78, 5) is 7.89. The Hall–Kier alpha value is -1.07. The maximum Gasteiger partial charge on any atom is 0.157 e. The SMILES string of the molecule is COC1CCC(Nc2ncnc(Cl)c2N)C1. The average molecular weight is 243 g/mol. The molecule has 1 aromatic rings. The Bertz CT molecular complexity index is 374. The summed E-state index contributed by atoms with van der Waals surface area (Å²) in [5.74, 6) is 0.613. The van der Waals surface area contributed by atoms with E-state index in [4.69, 9.17) is 22.1 Å². The smallest absolute Gasteiger partial charge is 0.157 e. The van der Waals surface area contributed by atoms with Crippen LogP contribution in [0.5, 0.6) is 0 Å². The highest BCUT2D eigenvalue weighted by atomic mass is 35.5. The summed E-state index contributed by atoms with van der Waals surface area (Å²) in [6, 6.07) is 0.346. The van der Waals surface area contributed by atoms with Gasteiger partial charge in [0, 0.05) is 13.2 Å². The highest BCUT2D eigenvalue weighted by molar-refractivity contribution is 6.32. The average Bonchev–Trinajstić information content (AvgIpc) is 2.73. The van der Waals surface area contributed by atoms with Crippen molar-refractivity contribution in [1.29, 1.82) is 0 Å². The van der Waals surface area contributed by atoms with Crippen molar-refractivity contribution in [1.82, 2.24) is 9.97 Å². The Morgan fingerprint density at radius 3 is 3.00 bits per heavy atom. The van der Waals surface area contributed by atoms with Crippen LogP contribution >= 0.6 is 11.6 Å². The molecule has 1 aliphatic carbocycles. The van der Waals surface area contributed by atoms with Crippen LogP contribution in [-0.4, -0.2) is 29.2 Å². The lowest BCUT2D eigenvalue weighted by molar-refractivity contribution is 0.108. The van der Waals surface area contributed by atoms with Crippen LogP contribution in [0.25, 0.3) is 0 Å². The van der Waals surface area contributed by atoms with Crippen molar-refractivity contribution in [3.8, 4) is 0 Å². The van der Waals surface area contributed by atoms with E-state index >= 15 is 0 Å². The first-order valence-corrected chi connectivity index (χ1v) is 5.63. The van der Waals surface area contributed by atoms with Gasteiger partial charge in [-0.05, 0) is 19.3 Å². The highest BCUT2D eigenvalue weighted by Crippen LogP contribution is 2.28. The molecule has 16 heavy (non-hydrogen) atoms. The van der Waals surface area contributed by atoms with Crippen LogP contribution < -0.4 is 11.1 Å². The third-order valence-corrected chi connectivity index (χ3v) is 3.20. The van der Waals surface area contributed by atoms with Crippen molar-refractivity contribution >= 4 is 23.1 Å². The molecule has 1 aromatic heterocycles. The minimum atomic E-state index is 0.291. The number of nitrogens with one attached hydrogen (secondary N) is 1. The number of rotatable bonds is 3. The van der Waals surface area contributed by atoms with E-state index in [1.165, 1.54) is 6.33 Å². The van der Waals surface area contributed by atoms with Gasteiger partial charge in [-0.1, -0.05) is 11.6 Å². The molecule has 1 saturated carbocycles. The molecule has 2 atom stereocenters. The minimum Gasteiger partial charge on any atom is -0.393 e. The lowest BCUT2D eigenvalue weighted by Crippen LogP contribution is -2.19. The van der Waals surface area contributed by atoms with Crippen molar-refractivity contribution in [2.24, 2.45) is 0 Å². The zero-order chi connectivity index (χ0) is 11.5. The molecule has 0 radical (unpaired) electrons. The molecule has 0 spiro atoms. The molecule has 5 nitrogen and oxygen atoms in total. The first-order chi connectivity index (χ1) is 7.70. The minimum absolute atomic E-state index is 0.291. The Balaban J connectivity index is 2.02. The highest BCUT2D eigenvalue weighted by Gasteiger charge is 2.25. The largest absolute Gasteiger partial charge is 0.393 e. The predicted octanol–water partition coefficient (Wildman–Crippen LogP) is 1.69. The summed E-state index contributed by atoms with van der Waals surface area (Å²) in [6.45, 7) is 0. The number of nitrogens with zero attached hydrogens (tertiary/aromatic N) is 2. The molecule has 1 fully saturated rings. The predicted molar refractivity (Wildman–Crippen MR) is 63.5 cm³/mol. The van der Waals surface area contributed by atoms with Crippen molar-refractivity contribution in [2.75, 3.05) is 18.2 Å². The topological polar surface area (TPSA) is 73.1 Å². The number of hydrogen-bond acceptors (Lipinski definition) is 5. The van der Waals surface area contributed by atoms with E-state index in [0.29, 0.717) is 28.8 Å². The van der Waals surface area contributed by atoms with Crippen molar-refractivity contribution in [3.05, 3.63) is 11.5 Å². The third-order valence-electron chi connectivity index (χ3n) is 2.89. The van der Waals surface area contributed by atoms with Gasteiger partial charge in [0.05, 0.1) is 6.10 Å². The van der Waals surface area contributed by atoms with Gasteiger partial charge in [0.25, 0.3) is 0 Å². The van der Waals surface area contributed by atoms with Crippen molar-refractivity contribution in [2.45, 2.75) is 31.4 Å². The Labute approximate surface area is 99.4 Å². The van der Waals surface area contributed by atoms with Crippen LogP contribution in [0.2, 0.25) is 5.15 Å². The van der Waals surface area contributed by atoms with Crippen LogP contribution in [0.15, 0.2) is 6.33 Å². The monoisotopic (exact) mass is 242 g/mol. The standard InChI is InChI=1S/C10H15ClN4O/c1-16-7-3-2-6(4-7)15-10-8(12)9(11)13-5-14-10/h5-7H,2-4,12H2,1H3,(H,13,14,15). The molecule has 6 heteroatoms. The number of ether oxygens (including phenoxy) is 1. The van der Waals surface area contributed by atoms with Gasteiger partial charge >= 0.3 is 0 Å². The molecule has 0 bridgehead atoms. The fraction of sp³-hybridized carbons (Fsp3) is 0.600. The number of hydrogen-bond donors (Lipinski definition) is 2. The van der Waals surface area contributed by atoms with Crippen molar-refractivity contribution < 1.29 is 4.74 Å². The Kier molecular flexibility index (Phi) is 3.46. The van der Waals surface area contributed by atoms with Crippen LogP contribution in [0, 0.1) is 0 Å². The van der Waals surface area contributed by atoms with Gasteiger partial charge in [-0.3, -0.25) is 0 Å². The number of aromatic nitrogens is 2. The van der Waals surface area contributed by atoms with Crippen molar-refractivity contribution in [3.63, 3.8) is 0 Å². The number of methoxy groups -OCH3 is 1. The fourth-order valence-electron chi connectivity index (χ4n) is 1.97. The first kappa shape index (κ1) is 11.4. The van der Waals surface area contributed by atoms with E-state index in [9.17, 15) is 0 Å². The zero-order valence-electron chi connectivity index (χ0n) is 9.11. The maximum atomic E-state index is 5.81. The molecule has 1 heterocycles. The second-order valence-electron chi connectivity index (χ2n) is 3.94. The molecular weight excluding hydrogens is 228 g/mol. The summed E-state index contributed by atoms with van der Waals surface area (Å²) in [6.07, 6.45) is 4.82. The van der Waals surface area contributed by atoms with Crippen LogP contribution in [0.1, 0.15) is 19.3 Å². The summed E-state index contributed by atoms with van der Waals surface area (Å²) >= 11 is 5.81. The van der Waals surface area contributed by atoms with E-state index in [-0.39, 0.29) is 0 Å². The van der Waals surface area contributed by atoms with Gasteiger partial charge in [0.2, 0.25) is 0 Å². The third kappa shape index (κ3) is 2.36. The number of nitrogens with two attached hydrogens (primary N) is 1. The normalized spacial score (nSPS) is 24.6. The van der Waals surface area contributed by atoms with Crippen LogP contribution in [0.3, 0.4) is 0 Å². The summed E-state index contributed by atoms with van der Waals surface area (Å²) in [7, 11) is 1.74. The second-order valence-corrected chi connectivity index (χ2v) is 4.30. The summed E-state index contributed by atoms with van der Waals surface area (Å²) in [5.41, 5.74) is 6.18. The van der Waals surface area contributed by atoms with Gasteiger partial charge in [0.1, 0.15) is 12.0 Å². The maximum absolute atomic E-state index is 5.81. The number of nitrogen functional groups attached to an aromatic ring is 1. The summed E-state index contributed by atoms with van der Waals surface area (Å²) in [5, 5.41) is 3.56. The molecule has 3 N–H and O–H groups in total. The number of halogens is 1. The molecule has 1 aliphatic rings. The van der Waals surface area contributed by atoms with Gasteiger partial charge in [0.15, 0.2) is 11.0 Å². The molecule has 2 unspecified atom stereocenters. The lowest BCUT2D eigenvalue weighted by atomic mass is 10.2. The quantitative estimate of drug-likeness (QED) is 0.790. The molecule has 88 valence electrons. The van der Waals surface area contributed by atoms with E-state index in [0.717, 1.165) is 19.3 Å². The molecule has 0 saturated heterocycles. The molecule has 0 aromatic carbocycles. The van der Waals surface area contributed by atoms with Gasteiger partial charge in [-0.2, -0.15) is 0 Å². The lowest BCUT2D eigenvalue weighted by Gasteiger charge is -2.14. The molecule has 0 amide bonds. The Morgan fingerprint density at radius 2 is 2.31 bits per heavy atom. The second kappa shape index (κ2) is 4.84. The molecular formula is C10H15ClN4O. The van der Waals surface area contributed by atoms with Crippen LogP contribution in [-0.2, 0) is 4.74 Å². The number of anilines is 2. The van der Waals surface area contributed by atoms with E-state index in [1.807, 2.05) is 0 Å². The zero-order valence-corrected chi connectivity index (χ0v) is 9.87. The van der Waals surface area contributed by atoms with Gasteiger partial charge < -0.3 is 15.8 Å². The Morgan fingerprint density at radius 1 is 1.50 bits per heavy atom. The van der Waals surface area contributed by atoms with E-state index in [2.05, 4.69) is 15.3 Å². The molecule has 2 rings (SSSR count).